The van der Waals surface area contributed by atoms with Crippen molar-refractivity contribution in [1.29, 1.82) is 0 Å². The maximum atomic E-state index is 10.3. The molecule has 24 heavy (non-hydrogen) atoms. The number of carboxylic acid groups (broad SMARTS) is 1. The molecule has 0 unspecified atom stereocenters. The Morgan fingerprint density at radius 2 is 1.79 bits per heavy atom. The van der Waals surface area contributed by atoms with Gasteiger partial charge in [-0.05, 0) is 23.8 Å². The first-order valence-electron chi connectivity index (χ1n) is 6.88. The fraction of sp³-hybridized carbons (Fsp3) is 0.400. The third-order valence-corrected chi connectivity index (χ3v) is 3.39. The van der Waals surface area contributed by atoms with E-state index in [9.17, 15) is 25.2 Å². The van der Waals surface area contributed by atoms with Crippen molar-refractivity contribution in [1.82, 2.24) is 0 Å². The van der Waals surface area contributed by atoms with Gasteiger partial charge in [-0.1, -0.05) is 18.2 Å². The van der Waals surface area contributed by atoms with Crippen molar-refractivity contribution < 1.29 is 91.2 Å². The van der Waals surface area contributed by atoms with Crippen LogP contribution in [0.3, 0.4) is 0 Å². The van der Waals surface area contributed by atoms with E-state index in [2.05, 4.69) is 0 Å². The maximum absolute atomic E-state index is 10.3. The molecule has 2 rings (SSSR count). The topological polar surface area (TPSA) is 140 Å². The van der Waals surface area contributed by atoms with Gasteiger partial charge in [-0.15, -0.1) is 0 Å². The molecule has 0 spiro atoms. The van der Waals surface area contributed by atoms with E-state index in [1.807, 2.05) is 0 Å². The van der Waals surface area contributed by atoms with Crippen molar-refractivity contribution in [3.05, 3.63) is 35.9 Å². The predicted octanol–water partition coefficient (Wildman–Crippen LogP) is -5.37. The molecular formula is C15H17KO8. The standard InChI is InChI=1S/C15H18O8.K/c16-7-10-12(19)13(20)14(21)15(23-10)22-9-4-1-8(2-5-9)3-6-11(17)18;/h1-6,10,12-16,19-21H,7H2,(H,17,18);/q;+1/p-1/b6-3-;/t10-,12-,13+,14-,15-;/m1./s1. The average Bonchev–Trinajstić information content (AvgIpc) is 2.54. The van der Waals surface area contributed by atoms with Gasteiger partial charge in [-0.2, -0.15) is 0 Å². The van der Waals surface area contributed by atoms with Crippen LogP contribution in [-0.2, 0) is 9.53 Å². The minimum Gasteiger partial charge on any atom is -0.545 e. The molecule has 1 aromatic carbocycles. The molecule has 1 saturated heterocycles. The van der Waals surface area contributed by atoms with Crippen LogP contribution >= 0.6 is 0 Å². The van der Waals surface area contributed by atoms with E-state index < -0.39 is 43.3 Å². The number of hydrogen-bond donors (Lipinski definition) is 4. The van der Waals surface area contributed by atoms with Crippen LogP contribution in [0.2, 0.25) is 0 Å². The molecule has 1 aromatic rings. The Labute approximate surface area is 180 Å². The molecule has 1 heterocycles. The summed E-state index contributed by atoms with van der Waals surface area (Å²) in [4.78, 5) is 10.3. The number of aliphatic carboxylic acids is 1. The van der Waals surface area contributed by atoms with Gasteiger partial charge in [0.05, 0.1) is 12.6 Å². The Hall–Kier alpha value is -0.334. The number of aliphatic hydroxyl groups excluding tert-OH is 4. The Balaban J connectivity index is 0.00000288. The molecule has 0 bridgehead atoms. The minimum atomic E-state index is -1.52. The summed E-state index contributed by atoms with van der Waals surface area (Å²) in [6.45, 7) is -0.544. The van der Waals surface area contributed by atoms with E-state index in [-0.39, 0.29) is 51.4 Å². The second-order valence-electron chi connectivity index (χ2n) is 5.04. The predicted molar refractivity (Wildman–Crippen MR) is 74.9 cm³/mol. The Morgan fingerprint density at radius 1 is 1.17 bits per heavy atom. The number of rotatable bonds is 5. The Morgan fingerprint density at radius 3 is 2.33 bits per heavy atom. The molecule has 0 radical (unpaired) electrons. The van der Waals surface area contributed by atoms with Gasteiger partial charge in [0.15, 0.2) is 0 Å². The molecule has 1 aliphatic heterocycles. The van der Waals surface area contributed by atoms with Gasteiger partial charge < -0.3 is 39.8 Å². The third-order valence-electron chi connectivity index (χ3n) is 3.39. The quantitative estimate of drug-likeness (QED) is 0.300. The average molecular weight is 364 g/mol. The Kier molecular flexibility index (Phi) is 9.02. The molecule has 0 amide bonds. The van der Waals surface area contributed by atoms with Crippen LogP contribution in [0.25, 0.3) is 6.08 Å². The minimum absolute atomic E-state index is 0. The largest absolute Gasteiger partial charge is 1.00 e. The molecule has 0 aromatic heterocycles. The zero-order chi connectivity index (χ0) is 17.0. The zero-order valence-corrected chi connectivity index (χ0v) is 16.1. The number of carbonyl (C=O) groups is 1. The van der Waals surface area contributed by atoms with Crippen molar-refractivity contribution in [3.8, 4) is 5.75 Å². The van der Waals surface area contributed by atoms with Gasteiger partial charge in [0, 0.05) is 0 Å². The molecule has 1 fully saturated rings. The van der Waals surface area contributed by atoms with E-state index in [4.69, 9.17) is 14.6 Å². The number of carboxylic acids is 1. The SMILES string of the molecule is O=C([O-])/C=C\c1ccc(O[C@@H]2O[C@H](CO)[C@@H](O)[C@H](O)[C@H]2O)cc1.[K+]. The fourth-order valence-electron chi connectivity index (χ4n) is 2.12. The van der Waals surface area contributed by atoms with E-state index >= 15 is 0 Å². The molecule has 8 nitrogen and oxygen atoms in total. The van der Waals surface area contributed by atoms with Crippen LogP contribution in [-0.4, -0.2) is 63.7 Å². The third kappa shape index (κ3) is 5.60. The van der Waals surface area contributed by atoms with Gasteiger partial charge in [0.1, 0.15) is 30.2 Å². The van der Waals surface area contributed by atoms with Crippen LogP contribution < -0.4 is 61.2 Å². The molecule has 5 atom stereocenters. The summed E-state index contributed by atoms with van der Waals surface area (Å²) in [5, 5.41) is 48.6. The zero-order valence-electron chi connectivity index (χ0n) is 13.0. The second kappa shape index (κ2) is 9.97. The molecular weight excluding hydrogens is 347 g/mol. The van der Waals surface area contributed by atoms with Crippen molar-refractivity contribution >= 4 is 12.0 Å². The molecule has 0 aliphatic carbocycles. The molecule has 0 saturated carbocycles. The normalized spacial score (nSPS) is 29.9. The van der Waals surface area contributed by atoms with E-state index in [1.54, 1.807) is 12.1 Å². The van der Waals surface area contributed by atoms with Gasteiger partial charge in [0.25, 0.3) is 0 Å². The van der Waals surface area contributed by atoms with Crippen LogP contribution in [0.5, 0.6) is 5.75 Å². The van der Waals surface area contributed by atoms with E-state index in [0.29, 0.717) is 11.3 Å². The van der Waals surface area contributed by atoms with Crippen molar-refractivity contribution in [2.45, 2.75) is 30.7 Å². The van der Waals surface area contributed by atoms with Crippen molar-refractivity contribution in [2.75, 3.05) is 6.61 Å². The van der Waals surface area contributed by atoms with Gasteiger partial charge in [-0.25, -0.2) is 0 Å². The smallest absolute Gasteiger partial charge is 0.545 e. The summed E-state index contributed by atoms with van der Waals surface area (Å²) in [6.07, 6.45) is -4.56. The number of benzene rings is 1. The van der Waals surface area contributed by atoms with E-state index in [1.165, 1.54) is 18.2 Å². The van der Waals surface area contributed by atoms with Gasteiger partial charge >= 0.3 is 51.4 Å². The van der Waals surface area contributed by atoms with Crippen LogP contribution in [0.15, 0.2) is 30.3 Å². The monoisotopic (exact) mass is 364 g/mol. The summed E-state index contributed by atoms with van der Waals surface area (Å²) < 4.78 is 10.6. The summed E-state index contributed by atoms with van der Waals surface area (Å²) in [5.41, 5.74) is 0.593. The van der Waals surface area contributed by atoms with Crippen LogP contribution in [0.1, 0.15) is 5.56 Å². The summed E-state index contributed by atoms with van der Waals surface area (Å²) >= 11 is 0. The van der Waals surface area contributed by atoms with Crippen LogP contribution in [0.4, 0.5) is 0 Å². The number of ether oxygens (including phenoxy) is 2. The number of aliphatic hydroxyl groups is 4. The first-order valence-corrected chi connectivity index (χ1v) is 6.88. The maximum Gasteiger partial charge on any atom is 1.00 e. The molecule has 1 aliphatic rings. The molecule has 126 valence electrons. The van der Waals surface area contributed by atoms with Gasteiger partial charge in [0.2, 0.25) is 6.29 Å². The fourth-order valence-corrected chi connectivity index (χ4v) is 2.12. The Bertz CT molecular complexity index is 559. The molecule has 4 N–H and O–H groups in total. The van der Waals surface area contributed by atoms with Crippen LogP contribution in [0, 0.1) is 0 Å². The molecule has 9 heteroatoms. The number of carbonyl (C=O) groups excluding carboxylic acids is 1. The summed E-state index contributed by atoms with van der Waals surface area (Å²) in [5.74, 6) is -1.02. The summed E-state index contributed by atoms with van der Waals surface area (Å²) in [7, 11) is 0. The number of hydrogen-bond acceptors (Lipinski definition) is 8. The van der Waals surface area contributed by atoms with Crippen molar-refractivity contribution in [2.24, 2.45) is 0 Å². The first-order chi connectivity index (χ1) is 10.9. The van der Waals surface area contributed by atoms with Crippen molar-refractivity contribution in [3.63, 3.8) is 0 Å². The van der Waals surface area contributed by atoms with E-state index in [0.717, 1.165) is 6.08 Å². The summed E-state index contributed by atoms with van der Waals surface area (Å²) in [6, 6.07) is 6.16. The second-order valence-corrected chi connectivity index (χ2v) is 5.04. The van der Waals surface area contributed by atoms with Gasteiger partial charge in [-0.3, -0.25) is 0 Å². The first kappa shape index (κ1) is 21.7.